The first kappa shape index (κ1) is 19.9. The second kappa shape index (κ2) is 9.35. The van der Waals surface area contributed by atoms with Crippen molar-refractivity contribution in [2.45, 2.75) is 19.8 Å². The zero-order valence-corrected chi connectivity index (χ0v) is 16.1. The lowest BCUT2D eigenvalue weighted by atomic mass is 10.1. The lowest BCUT2D eigenvalue weighted by molar-refractivity contribution is -0.133. The third kappa shape index (κ3) is 4.88. The molecule has 5 nitrogen and oxygen atoms in total. The SMILES string of the molecule is CCc1ccccc1OCC(=O)N1CCCN(C(=O)c2ccc(F)cc2)CC1. The van der Waals surface area contributed by atoms with Crippen LogP contribution in [0.25, 0.3) is 0 Å². The Kier molecular flexibility index (Phi) is 6.63. The molecule has 2 aromatic carbocycles. The molecule has 0 bridgehead atoms. The molecule has 3 rings (SSSR count). The maximum atomic E-state index is 13.1. The summed E-state index contributed by atoms with van der Waals surface area (Å²) < 4.78 is 18.8. The van der Waals surface area contributed by atoms with Gasteiger partial charge < -0.3 is 14.5 Å². The van der Waals surface area contributed by atoms with Gasteiger partial charge in [-0.15, -0.1) is 0 Å². The Morgan fingerprint density at radius 3 is 2.39 bits per heavy atom. The Morgan fingerprint density at radius 1 is 0.964 bits per heavy atom. The molecule has 0 saturated carbocycles. The van der Waals surface area contributed by atoms with Crippen LogP contribution in [0.5, 0.6) is 5.75 Å². The number of carbonyl (C=O) groups excluding carboxylic acids is 2. The largest absolute Gasteiger partial charge is 0.483 e. The van der Waals surface area contributed by atoms with Gasteiger partial charge in [-0.3, -0.25) is 9.59 Å². The molecule has 1 fully saturated rings. The number of amides is 2. The second-order valence-electron chi connectivity index (χ2n) is 6.78. The van der Waals surface area contributed by atoms with Crippen LogP contribution in [-0.4, -0.2) is 54.4 Å². The van der Waals surface area contributed by atoms with E-state index >= 15 is 0 Å². The van der Waals surface area contributed by atoms with Crippen LogP contribution in [0, 0.1) is 5.82 Å². The van der Waals surface area contributed by atoms with Crippen LogP contribution in [0.3, 0.4) is 0 Å². The molecule has 28 heavy (non-hydrogen) atoms. The molecule has 6 heteroatoms. The average Bonchev–Trinajstić information content (AvgIpc) is 2.98. The van der Waals surface area contributed by atoms with Gasteiger partial charge >= 0.3 is 0 Å². The van der Waals surface area contributed by atoms with E-state index in [0.717, 1.165) is 17.7 Å². The van der Waals surface area contributed by atoms with Crippen LogP contribution in [-0.2, 0) is 11.2 Å². The summed E-state index contributed by atoms with van der Waals surface area (Å²) in [6.45, 7) is 4.11. The van der Waals surface area contributed by atoms with Crippen LogP contribution >= 0.6 is 0 Å². The summed E-state index contributed by atoms with van der Waals surface area (Å²) in [6, 6.07) is 13.3. The fourth-order valence-corrected chi connectivity index (χ4v) is 3.31. The van der Waals surface area contributed by atoms with Crippen molar-refractivity contribution in [2.24, 2.45) is 0 Å². The first-order valence-corrected chi connectivity index (χ1v) is 9.62. The lowest BCUT2D eigenvalue weighted by Gasteiger charge is -2.22. The molecule has 0 N–H and O–H groups in total. The summed E-state index contributed by atoms with van der Waals surface area (Å²) >= 11 is 0. The number of para-hydroxylation sites is 1. The molecule has 1 heterocycles. The van der Waals surface area contributed by atoms with Crippen molar-refractivity contribution in [1.82, 2.24) is 9.80 Å². The van der Waals surface area contributed by atoms with Gasteiger partial charge in [0.25, 0.3) is 11.8 Å². The van der Waals surface area contributed by atoms with Crippen LogP contribution in [0.2, 0.25) is 0 Å². The van der Waals surface area contributed by atoms with Gasteiger partial charge in [0, 0.05) is 31.7 Å². The van der Waals surface area contributed by atoms with Gasteiger partial charge in [-0.05, 0) is 48.7 Å². The third-order valence-corrected chi connectivity index (χ3v) is 4.93. The quantitative estimate of drug-likeness (QED) is 0.796. The zero-order valence-electron chi connectivity index (χ0n) is 16.1. The normalized spacial score (nSPS) is 14.5. The number of halogens is 1. The van der Waals surface area contributed by atoms with Crippen LogP contribution in [0.15, 0.2) is 48.5 Å². The highest BCUT2D eigenvalue weighted by molar-refractivity contribution is 5.94. The summed E-state index contributed by atoms with van der Waals surface area (Å²) in [5, 5.41) is 0. The molecule has 1 aliphatic heterocycles. The predicted molar refractivity (Wildman–Crippen MR) is 105 cm³/mol. The van der Waals surface area contributed by atoms with E-state index in [1.807, 2.05) is 31.2 Å². The highest BCUT2D eigenvalue weighted by Gasteiger charge is 2.23. The van der Waals surface area contributed by atoms with Gasteiger partial charge in [-0.2, -0.15) is 0 Å². The van der Waals surface area contributed by atoms with E-state index in [4.69, 9.17) is 4.74 Å². The second-order valence-corrected chi connectivity index (χ2v) is 6.78. The van der Waals surface area contributed by atoms with E-state index in [2.05, 4.69) is 0 Å². The predicted octanol–water partition coefficient (Wildman–Crippen LogP) is 3.14. The summed E-state index contributed by atoms with van der Waals surface area (Å²) in [6.07, 6.45) is 1.54. The third-order valence-electron chi connectivity index (χ3n) is 4.93. The van der Waals surface area contributed by atoms with E-state index in [9.17, 15) is 14.0 Å². The van der Waals surface area contributed by atoms with Crippen molar-refractivity contribution in [3.05, 3.63) is 65.5 Å². The van der Waals surface area contributed by atoms with E-state index in [1.165, 1.54) is 24.3 Å². The van der Waals surface area contributed by atoms with Crippen molar-refractivity contribution in [1.29, 1.82) is 0 Å². The van der Waals surface area contributed by atoms with Gasteiger partial charge in [0.2, 0.25) is 0 Å². The van der Waals surface area contributed by atoms with Crippen molar-refractivity contribution >= 4 is 11.8 Å². The summed E-state index contributed by atoms with van der Waals surface area (Å²) in [5.41, 5.74) is 1.53. The van der Waals surface area contributed by atoms with Gasteiger partial charge in [0.05, 0.1) is 0 Å². The topological polar surface area (TPSA) is 49.9 Å². The number of benzene rings is 2. The number of hydrogen-bond acceptors (Lipinski definition) is 3. The van der Waals surface area contributed by atoms with Crippen LogP contribution in [0.1, 0.15) is 29.3 Å². The van der Waals surface area contributed by atoms with E-state index in [1.54, 1.807) is 9.80 Å². The molecule has 1 saturated heterocycles. The van der Waals surface area contributed by atoms with Gasteiger partial charge in [0.15, 0.2) is 6.61 Å². The molecular formula is C22H25FN2O3. The number of ether oxygens (including phenoxy) is 1. The molecular weight excluding hydrogens is 359 g/mol. The molecule has 0 aromatic heterocycles. The van der Waals surface area contributed by atoms with Crippen molar-refractivity contribution in [3.63, 3.8) is 0 Å². The smallest absolute Gasteiger partial charge is 0.260 e. The Morgan fingerprint density at radius 2 is 1.64 bits per heavy atom. The fourth-order valence-electron chi connectivity index (χ4n) is 3.31. The van der Waals surface area contributed by atoms with Crippen molar-refractivity contribution < 1.29 is 18.7 Å². The Balaban J connectivity index is 1.55. The van der Waals surface area contributed by atoms with Crippen LogP contribution < -0.4 is 4.74 Å². The maximum Gasteiger partial charge on any atom is 0.260 e. The molecule has 0 unspecified atom stereocenters. The zero-order chi connectivity index (χ0) is 19.9. The van der Waals surface area contributed by atoms with E-state index < -0.39 is 0 Å². The number of nitrogens with zero attached hydrogens (tertiary/aromatic N) is 2. The number of carbonyl (C=O) groups is 2. The van der Waals surface area contributed by atoms with Crippen molar-refractivity contribution in [3.8, 4) is 5.75 Å². The number of rotatable bonds is 5. The minimum Gasteiger partial charge on any atom is -0.483 e. The minimum absolute atomic E-state index is 0.0110. The monoisotopic (exact) mass is 384 g/mol. The van der Waals surface area contributed by atoms with E-state index in [0.29, 0.717) is 38.2 Å². The van der Waals surface area contributed by atoms with Gasteiger partial charge in [-0.1, -0.05) is 25.1 Å². The summed E-state index contributed by atoms with van der Waals surface area (Å²) in [5.74, 6) is 0.152. The Hall–Kier alpha value is -2.89. The highest BCUT2D eigenvalue weighted by atomic mass is 19.1. The molecule has 0 spiro atoms. The van der Waals surface area contributed by atoms with Crippen LogP contribution in [0.4, 0.5) is 4.39 Å². The first-order valence-electron chi connectivity index (χ1n) is 9.62. The lowest BCUT2D eigenvalue weighted by Crippen LogP contribution is -2.39. The molecule has 1 aliphatic rings. The van der Waals surface area contributed by atoms with Crippen molar-refractivity contribution in [2.75, 3.05) is 32.8 Å². The first-order chi connectivity index (χ1) is 13.6. The molecule has 0 radical (unpaired) electrons. The number of hydrogen-bond donors (Lipinski definition) is 0. The van der Waals surface area contributed by atoms with Gasteiger partial charge in [-0.25, -0.2) is 4.39 Å². The number of aryl methyl sites for hydroxylation is 1. The Bertz CT molecular complexity index is 823. The molecule has 0 aliphatic carbocycles. The average molecular weight is 384 g/mol. The highest BCUT2D eigenvalue weighted by Crippen LogP contribution is 2.18. The molecule has 0 atom stereocenters. The standard InChI is InChI=1S/C22H25FN2O3/c1-2-17-6-3-4-7-20(17)28-16-21(26)24-12-5-13-25(15-14-24)22(27)18-8-10-19(23)11-9-18/h3-4,6-11H,2,5,12-16H2,1H3. The Labute approximate surface area is 164 Å². The minimum atomic E-state index is -0.367. The van der Waals surface area contributed by atoms with Gasteiger partial charge in [0.1, 0.15) is 11.6 Å². The molecule has 148 valence electrons. The maximum absolute atomic E-state index is 13.1. The molecule has 2 aromatic rings. The summed E-state index contributed by atoms with van der Waals surface area (Å²) in [7, 11) is 0. The summed E-state index contributed by atoms with van der Waals surface area (Å²) in [4.78, 5) is 28.6. The molecule has 2 amide bonds. The van der Waals surface area contributed by atoms with E-state index in [-0.39, 0.29) is 24.2 Å². The fraction of sp³-hybridized carbons (Fsp3) is 0.364.